The number of phosphoric acid groups is 1. The third-order valence-corrected chi connectivity index (χ3v) is 15.5. The molecule has 2 aromatic heterocycles. The maximum absolute atomic E-state index is 14.5. The number of aliphatic hydroxyl groups is 1. The third-order valence-electron chi connectivity index (χ3n) is 9.07. The number of ether oxygens (including phenoxy) is 1. The minimum absolute atomic E-state index is 0.00917. The number of fused-ring (bicyclic) bond motifs is 1. The predicted molar refractivity (Wildman–Crippen MR) is 181 cm³/mol. The first kappa shape index (κ1) is 39.6. The van der Waals surface area contributed by atoms with E-state index in [-0.39, 0.29) is 41.1 Å². The molecular formula is C29H49N6O11P2Si+. The summed E-state index contributed by atoms with van der Waals surface area (Å²) in [7, 11) is -10.2. The smallest absolute Gasteiger partial charge is 0.408 e. The molecule has 274 valence electrons. The Morgan fingerprint density at radius 2 is 1.98 bits per heavy atom. The number of phosphoric ester groups is 1. The summed E-state index contributed by atoms with van der Waals surface area (Å²) in [5.74, 6) is 0.455. The molecule has 0 bridgehead atoms. The summed E-state index contributed by atoms with van der Waals surface area (Å²) in [6.45, 7) is 13.4. The van der Waals surface area contributed by atoms with Gasteiger partial charge in [-0.1, -0.05) is 47.5 Å². The largest absolute Gasteiger partial charge is 0.695 e. The van der Waals surface area contributed by atoms with Gasteiger partial charge in [0.25, 0.3) is 5.56 Å². The van der Waals surface area contributed by atoms with E-state index in [0.29, 0.717) is 32.2 Å². The van der Waals surface area contributed by atoms with Crippen LogP contribution in [0.4, 0.5) is 5.95 Å². The maximum atomic E-state index is 14.5. The molecule has 4 N–H and O–H groups in total. The molecule has 1 saturated heterocycles. The number of aromatic nitrogens is 4. The summed E-state index contributed by atoms with van der Waals surface area (Å²) in [4.78, 5) is 34.1. The van der Waals surface area contributed by atoms with Crippen LogP contribution in [0.25, 0.3) is 11.2 Å². The van der Waals surface area contributed by atoms with Gasteiger partial charge in [-0.2, -0.15) is 10.2 Å². The Hall–Kier alpha value is -2.13. The van der Waals surface area contributed by atoms with Gasteiger partial charge in [0.2, 0.25) is 5.95 Å². The van der Waals surface area contributed by atoms with Gasteiger partial charge in [0.05, 0.1) is 38.6 Å². The molecule has 1 aliphatic heterocycles. The number of aromatic amines is 1. The number of hydrogen-bond donors (Lipinski definition) is 4. The van der Waals surface area contributed by atoms with Crippen molar-refractivity contribution in [2.75, 3.05) is 31.7 Å². The Morgan fingerprint density at radius 3 is 2.57 bits per heavy atom. The molecule has 2 aliphatic rings. The number of rotatable bonds is 17. The number of nitrogens with zero attached hydrogens (tertiary/aromatic N) is 4. The quantitative estimate of drug-likeness (QED) is 0.0959. The number of hydrogen-bond acceptors (Lipinski definition) is 14. The van der Waals surface area contributed by atoms with E-state index in [9.17, 15) is 29.2 Å². The molecule has 4 rings (SSSR count). The highest BCUT2D eigenvalue weighted by Gasteiger charge is 2.55. The van der Waals surface area contributed by atoms with Crippen LogP contribution in [0.2, 0.25) is 18.1 Å². The van der Waals surface area contributed by atoms with E-state index in [1.54, 1.807) is 0 Å². The van der Waals surface area contributed by atoms with Crippen LogP contribution in [0.5, 0.6) is 0 Å². The summed E-state index contributed by atoms with van der Waals surface area (Å²) >= 11 is 0. The molecule has 49 heavy (non-hydrogen) atoms. The van der Waals surface area contributed by atoms with Crippen LogP contribution in [-0.2, 0) is 36.4 Å². The number of anilines is 1. The van der Waals surface area contributed by atoms with Crippen molar-refractivity contribution in [3.05, 3.63) is 16.7 Å². The molecular weight excluding hydrogens is 698 g/mol. The van der Waals surface area contributed by atoms with Crippen LogP contribution in [0.3, 0.4) is 0 Å². The summed E-state index contributed by atoms with van der Waals surface area (Å²) < 4.78 is 63.9. The van der Waals surface area contributed by atoms with E-state index in [2.05, 4.69) is 20.3 Å². The lowest BCUT2D eigenvalue weighted by Crippen LogP contribution is -2.50. The first-order valence-corrected chi connectivity index (χ1v) is 21.9. The number of H-pyrrole nitrogens is 1. The molecule has 0 amide bonds. The minimum Gasteiger partial charge on any atom is -0.408 e. The van der Waals surface area contributed by atoms with Crippen molar-refractivity contribution in [3.63, 3.8) is 0 Å². The molecule has 1 aliphatic carbocycles. The molecule has 2 unspecified atom stereocenters. The van der Waals surface area contributed by atoms with Gasteiger partial charge < -0.3 is 19.6 Å². The molecule has 0 spiro atoms. The Labute approximate surface area is 287 Å². The van der Waals surface area contributed by atoms with E-state index in [1.807, 2.05) is 53.8 Å². The zero-order chi connectivity index (χ0) is 36.2. The van der Waals surface area contributed by atoms with Crippen LogP contribution < -0.4 is 10.9 Å². The van der Waals surface area contributed by atoms with Crippen LogP contribution >= 0.6 is 16.1 Å². The van der Waals surface area contributed by atoms with E-state index >= 15 is 0 Å². The summed E-state index contributed by atoms with van der Waals surface area (Å²) in [6.07, 6.45) is -1.17. The highest BCUT2D eigenvalue weighted by atomic mass is 31.2. The average molecular weight is 748 g/mol. The van der Waals surface area contributed by atoms with Gasteiger partial charge in [0.15, 0.2) is 31.3 Å². The van der Waals surface area contributed by atoms with Gasteiger partial charge in [-0.25, -0.2) is 9.55 Å². The van der Waals surface area contributed by atoms with Crippen molar-refractivity contribution < 1.29 is 46.4 Å². The summed E-state index contributed by atoms with van der Waals surface area (Å²) in [5.41, 5.74) is -1.57. The topological polar surface area (TPSA) is 229 Å². The molecule has 2 aromatic rings. The van der Waals surface area contributed by atoms with Crippen molar-refractivity contribution in [1.29, 1.82) is 5.26 Å². The Morgan fingerprint density at radius 1 is 1.29 bits per heavy atom. The van der Waals surface area contributed by atoms with Crippen LogP contribution in [0.15, 0.2) is 11.1 Å². The SMILES string of the molecule is CC(C)CNc1nc2c(ncn2[C@@H]2O[C@H](CO)[C@H](O[Si](C)(C)C(C)(C)C)[C@H]2OP(=O)(OCCC#N)OCC2(O[P+](=O)O)CCCC2)c(=O)[nH]1. The summed E-state index contributed by atoms with van der Waals surface area (Å²) in [5, 5.41) is 22.5. The highest BCUT2D eigenvalue weighted by molar-refractivity contribution is 7.48. The first-order chi connectivity index (χ1) is 22.9. The molecule has 1 saturated carbocycles. The van der Waals surface area contributed by atoms with Gasteiger partial charge >= 0.3 is 16.1 Å². The maximum Gasteiger partial charge on any atom is 0.695 e. The lowest BCUT2D eigenvalue weighted by atomic mass is 10.1. The second kappa shape index (κ2) is 16.0. The standard InChI is InChI=1S/C29H48N6O11P2Si/c1-19(2)15-31-27-33-24-21(25(37)34-27)32-18-35(24)26-23(22(20(16-36)43-26)45-49(6,7)28(3,4)5)44-48(40,41-14-10-13-30)42-17-29(46-47(38)39)11-8-9-12-29/h18-20,22-23,26,36H,8-12,14-17H2,1-7H3,(H2-,31,33,34,37,38,39)/p+1/t20-,22+,23-,26-,48?/m1/s1. The predicted octanol–water partition coefficient (Wildman–Crippen LogP) is 4.89. The minimum atomic E-state index is -4.63. The van der Waals surface area contributed by atoms with Gasteiger partial charge in [0, 0.05) is 11.1 Å². The van der Waals surface area contributed by atoms with E-state index < -0.39 is 73.3 Å². The molecule has 0 aromatic carbocycles. The fraction of sp³-hybridized carbons (Fsp3) is 0.793. The molecule has 2 fully saturated rings. The lowest BCUT2D eigenvalue weighted by Gasteiger charge is -2.40. The zero-order valence-corrected chi connectivity index (χ0v) is 31.9. The number of nitriles is 1. The van der Waals surface area contributed by atoms with Crippen LogP contribution in [-0.4, -0.2) is 88.1 Å². The molecule has 20 heteroatoms. The second-order valence-corrected chi connectivity index (χ2v) is 21.4. The second-order valence-electron chi connectivity index (χ2n) is 14.4. The van der Waals surface area contributed by atoms with Gasteiger partial charge in [0.1, 0.15) is 18.3 Å². The molecule has 3 heterocycles. The van der Waals surface area contributed by atoms with E-state index in [0.717, 1.165) is 0 Å². The molecule has 6 atom stereocenters. The molecule has 17 nitrogen and oxygen atoms in total. The Bertz CT molecular complexity index is 1600. The number of aliphatic hydroxyl groups excluding tert-OH is 1. The van der Waals surface area contributed by atoms with Crippen molar-refractivity contribution in [2.45, 2.75) is 115 Å². The van der Waals surface area contributed by atoms with E-state index in [1.165, 1.54) is 10.9 Å². The van der Waals surface area contributed by atoms with Crippen molar-refractivity contribution in [1.82, 2.24) is 19.5 Å². The van der Waals surface area contributed by atoms with Gasteiger partial charge in [-0.15, -0.1) is 9.42 Å². The van der Waals surface area contributed by atoms with Crippen LogP contribution in [0, 0.1) is 17.2 Å². The number of imidazole rings is 1. The van der Waals surface area contributed by atoms with Gasteiger partial charge in [-0.05, 0) is 36.9 Å². The lowest BCUT2D eigenvalue weighted by molar-refractivity contribution is -0.0554. The van der Waals surface area contributed by atoms with Crippen molar-refractivity contribution in [2.24, 2.45) is 5.92 Å². The average Bonchev–Trinajstić information content (AvgIpc) is 3.72. The van der Waals surface area contributed by atoms with Crippen LogP contribution in [0.1, 0.15) is 73.0 Å². The number of nitrogens with one attached hydrogen (secondary N) is 2. The van der Waals surface area contributed by atoms with E-state index in [4.69, 9.17) is 27.3 Å². The zero-order valence-electron chi connectivity index (χ0n) is 29.1. The van der Waals surface area contributed by atoms with Crippen molar-refractivity contribution in [3.8, 4) is 6.07 Å². The first-order valence-electron chi connectivity index (χ1n) is 16.4. The molecule has 0 radical (unpaired) electrons. The fourth-order valence-electron chi connectivity index (χ4n) is 5.44. The van der Waals surface area contributed by atoms with Gasteiger partial charge in [-0.3, -0.25) is 27.9 Å². The summed E-state index contributed by atoms with van der Waals surface area (Å²) in [6, 6.07) is 1.93. The Balaban J connectivity index is 1.79. The third kappa shape index (κ3) is 9.60. The van der Waals surface area contributed by atoms with Crippen molar-refractivity contribution >= 4 is 41.5 Å². The monoisotopic (exact) mass is 747 g/mol. The fourth-order valence-corrected chi connectivity index (χ4v) is 8.75. The Kier molecular flexibility index (Phi) is 13.0. The highest BCUT2D eigenvalue weighted by Crippen LogP contribution is 2.56. The normalized spacial score (nSPS) is 24.3.